The maximum atomic E-state index is 11.7. The van der Waals surface area contributed by atoms with Gasteiger partial charge in [0.2, 0.25) is 0 Å². The lowest BCUT2D eigenvalue weighted by Crippen LogP contribution is -2.35. The normalized spacial score (nSPS) is 17.2. The number of fused-ring (bicyclic) bond motifs is 1. The van der Waals surface area contributed by atoms with Gasteiger partial charge in [0.05, 0.1) is 7.11 Å². The van der Waals surface area contributed by atoms with Crippen molar-refractivity contribution in [3.8, 4) is 5.75 Å². The van der Waals surface area contributed by atoms with Gasteiger partial charge < -0.3 is 14.8 Å². The SMILES string of the molecule is COc1ccc2[nH]cc(C(NC3CCCC3)C(=O)O)c2c1. The number of aliphatic carboxylic acids is 1. The zero-order chi connectivity index (χ0) is 14.8. The summed E-state index contributed by atoms with van der Waals surface area (Å²) >= 11 is 0. The molecule has 0 aliphatic heterocycles. The van der Waals surface area contributed by atoms with E-state index >= 15 is 0 Å². The van der Waals surface area contributed by atoms with Gasteiger partial charge >= 0.3 is 5.97 Å². The molecule has 3 N–H and O–H groups in total. The first kappa shape index (κ1) is 13.9. The predicted octanol–water partition coefficient (Wildman–Crippen LogP) is 2.83. The van der Waals surface area contributed by atoms with Crippen molar-refractivity contribution in [2.75, 3.05) is 7.11 Å². The van der Waals surface area contributed by atoms with Gasteiger partial charge in [0.15, 0.2) is 0 Å². The van der Waals surface area contributed by atoms with Gasteiger partial charge in [-0.15, -0.1) is 0 Å². The Morgan fingerprint density at radius 3 is 2.86 bits per heavy atom. The molecule has 1 saturated carbocycles. The van der Waals surface area contributed by atoms with Gasteiger partial charge in [-0.25, -0.2) is 0 Å². The molecule has 5 heteroatoms. The monoisotopic (exact) mass is 288 g/mol. The third kappa shape index (κ3) is 2.74. The average Bonchev–Trinajstić information content (AvgIpc) is 3.13. The number of methoxy groups -OCH3 is 1. The number of H-pyrrole nitrogens is 1. The number of carboxylic acids is 1. The van der Waals surface area contributed by atoms with Crippen molar-refractivity contribution >= 4 is 16.9 Å². The number of ether oxygens (including phenoxy) is 1. The van der Waals surface area contributed by atoms with Crippen LogP contribution in [0.3, 0.4) is 0 Å². The van der Waals surface area contributed by atoms with Crippen LogP contribution < -0.4 is 10.1 Å². The van der Waals surface area contributed by atoms with Gasteiger partial charge in [-0.05, 0) is 31.0 Å². The van der Waals surface area contributed by atoms with Crippen LogP contribution in [-0.4, -0.2) is 29.2 Å². The van der Waals surface area contributed by atoms with Crippen LogP contribution in [0.4, 0.5) is 0 Å². The van der Waals surface area contributed by atoms with Gasteiger partial charge in [0.1, 0.15) is 11.8 Å². The zero-order valence-electron chi connectivity index (χ0n) is 12.1. The number of carboxylic acid groups (broad SMARTS) is 1. The minimum absolute atomic E-state index is 0.293. The summed E-state index contributed by atoms with van der Waals surface area (Å²) in [6.07, 6.45) is 6.23. The Morgan fingerprint density at radius 2 is 2.19 bits per heavy atom. The van der Waals surface area contributed by atoms with E-state index in [-0.39, 0.29) is 0 Å². The molecule has 1 aromatic carbocycles. The summed E-state index contributed by atoms with van der Waals surface area (Å²) in [6, 6.07) is 5.26. The fourth-order valence-electron chi connectivity index (χ4n) is 3.11. The van der Waals surface area contributed by atoms with Crippen molar-refractivity contribution in [3.63, 3.8) is 0 Å². The molecule has 1 aliphatic carbocycles. The number of rotatable bonds is 5. The molecular weight excluding hydrogens is 268 g/mol. The maximum absolute atomic E-state index is 11.7. The molecule has 1 aliphatic rings. The second-order valence-electron chi connectivity index (χ2n) is 5.57. The molecular formula is C16H20N2O3. The Balaban J connectivity index is 1.96. The molecule has 0 radical (unpaired) electrons. The van der Waals surface area contributed by atoms with E-state index in [9.17, 15) is 9.90 Å². The molecule has 0 saturated heterocycles. The van der Waals surface area contributed by atoms with Gasteiger partial charge in [-0.1, -0.05) is 12.8 Å². The van der Waals surface area contributed by atoms with Gasteiger partial charge in [-0.3, -0.25) is 10.1 Å². The van der Waals surface area contributed by atoms with Crippen molar-refractivity contribution in [3.05, 3.63) is 30.0 Å². The highest BCUT2D eigenvalue weighted by Gasteiger charge is 2.27. The lowest BCUT2D eigenvalue weighted by atomic mass is 10.0. The van der Waals surface area contributed by atoms with Crippen LogP contribution in [0.1, 0.15) is 37.3 Å². The van der Waals surface area contributed by atoms with Gasteiger partial charge in [0, 0.05) is 28.7 Å². The lowest BCUT2D eigenvalue weighted by molar-refractivity contribution is -0.139. The second kappa shape index (κ2) is 5.77. The first-order valence-corrected chi connectivity index (χ1v) is 7.33. The minimum Gasteiger partial charge on any atom is -0.497 e. The van der Waals surface area contributed by atoms with Crippen molar-refractivity contribution in [2.24, 2.45) is 0 Å². The molecule has 2 aromatic rings. The van der Waals surface area contributed by atoms with E-state index < -0.39 is 12.0 Å². The van der Waals surface area contributed by atoms with Crippen molar-refractivity contribution in [2.45, 2.75) is 37.8 Å². The smallest absolute Gasteiger partial charge is 0.325 e. The molecule has 1 aromatic heterocycles. The molecule has 0 amide bonds. The van der Waals surface area contributed by atoms with Crippen LogP contribution in [0.25, 0.3) is 10.9 Å². The highest BCUT2D eigenvalue weighted by Crippen LogP contribution is 2.29. The minimum atomic E-state index is -0.842. The largest absolute Gasteiger partial charge is 0.497 e. The Labute approximate surface area is 123 Å². The second-order valence-corrected chi connectivity index (χ2v) is 5.57. The Morgan fingerprint density at radius 1 is 1.43 bits per heavy atom. The summed E-state index contributed by atoms with van der Waals surface area (Å²) in [5.74, 6) is -0.112. The molecule has 1 atom stereocenters. The van der Waals surface area contributed by atoms with E-state index in [0.717, 1.165) is 35.1 Å². The number of hydrogen-bond donors (Lipinski definition) is 3. The van der Waals surface area contributed by atoms with Gasteiger partial charge in [-0.2, -0.15) is 0 Å². The first-order chi connectivity index (χ1) is 10.2. The molecule has 0 spiro atoms. The van der Waals surface area contributed by atoms with Gasteiger partial charge in [0.25, 0.3) is 0 Å². The van der Waals surface area contributed by atoms with E-state index in [4.69, 9.17) is 4.74 Å². The molecule has 1 unspecified atom stereocenters. The quantitative estimate of drug-likeness (QED) is 0.791. The molecule has 1 fully saturated rings. The van der Waals surface area contributed by atoms with Crippen LogP contribution in [0.15, 0.2) is 24.4 Å². The van der Waals surface area contributed by atoms with Crippen molar-refractivity contribution in [1.29, 1.82) is 0 Å². The molecule has 5 nitrogen and oxygen atoms in total. The lowest BCUT2D eigenvalue weighted by Gasteiger charge is -2.19. The summed E-state index contributed by atoms with van der Waals surface area (Å²) < 4.78 is 5.24. The third-order valence-corrected chi connectivity index (χ3v) is 4.24. The molecule has 112 valence electrons. The standard InChI is InChI=1S/C16H20N2O3/c1-21-11-6-7-14-12(8-11)13(9-17-14)15(16(19)20)18-10-4-2-3-5-10/h6-10,15,17-18H,2-5H2,1H3,(H,19,20). The number of hydrogen-bond acceptors (Lipinski definition) is 3. The van der Waals surface area contributed by atoms with E-state index in [1.165, 1.54) is 12.8 Å². The predicted molar refractivity (Wildman–Crippen MR) is 80.6 cm³/mol. The van der Waals surface area contributed by atoms with Crippen LogP contribution >= 0.6 is 0 Å². The summed E-state index contributed by atoms with van der Waals surface area (Å²) in [4.78, 5) is 14.8. The number of carbonyl (C=O) groups is 1. The number of nitrogens with one attached hydrogen (secondary N) is 2. The zero-order valence-corrected chi connectivity index (χ0v) is 12.1. The number of aromatic nitrogens is 1. The van der Waals surface area contributed by atoms with E-state index in [0.29, 0.717) is 6.04 Å². The van der Waals surface area contributed by atoms with Crippen LogP contribution in [-0.2, 0) is 4.79 Å². The van der Waals surface area contributed by atoms with Crippen molar-refractivity contribution < 1.29 is 14.6 Å². The number of benzene rings is 1. The van der Waals surface area contributed by atoms with E-state index in [1.54, 1.807) is 13.3 Å². The van der Waals surface area contributed by atoms with E-state index in [2.05, 4.69) is 10.3 Å². The van der Waals surface area contributed by atoms with E-state index in [1.807, 2.05) is 18.2 Å². The Kier molecular flexibility index (Phi) is 3.84. The first-order valence-electron chi connectivity index (χ1n) is 7.33. The Bertz CT molecular complexity index is 644. The third-order valence-electron chi connectivity index (χ3n) is 4.24. The Hall–Kier alpha value is -2.01. The van der Waals surface area contributed by atoms with Crippen LogP contribution in [0, 0.1) is 0 Å². The maximum Gasteiger partial charge on any atom is 0.325 e. The fraction of sp³-hybridized carbons (Fsp3) is 0.438. The van der Waals surface area contributed by atoms with Crippen LogP contribution in [0.2, 0.25) is 0 Å². The molecule has 3 rings (SSSR count). The number of aromatic amines is 1. The highest BCUT2D eigenvalue weighted by atomic mass is 16.5. The molecule has 21 heavy (non-hydrogen) atoms. The highest BCUT2D eigenvalue weighted by molar-refractivity contribution is 5.90. The summed E-state index contributed by atoms with van der Waals surface area (Å²) in [5, 5.41) is 13.8. The summed E-state index contributed by atoms with van der Waals surface area (Å²) in [5.41, 5.74) is 1.69. The van der Waals surface area contributed by atoms with Crippen molar-refractivity contribution in [1.82, 2.24) is 10.3 Å². The summed E-state index contributed by atoms with van der Waals surface area (Å²) in [7, 11) is 1.61. The van der Waals surface area contributed by atoms with Crippen LogP contribution in [0.5, 0.6) is 5.75 Å². The fourth-order valence-corrected chi connectivity index (χ4v) is 3.11. The molecule has 0 bridgehead atoms. The topological polar surface area (TPSA) is 74.3 Å². The average molecular weight is 288 g/mol. The molecule has 1 heterocycles. The summed E-state index contributed by atoms with van der Waals surface area (Å²) in [6.45, 7) is 0.